The van der Waals surface area contributed by atoms with E-state index in [-0.39, 0.29) is 11.9 Å². The van der Waals surface area contributed by atoms with Crippen molar-refractivity contribution in [2.45, 2.75) is 26.5 Å². The van der Waals surface area contributed by atoms with Crippen LogP contribution in [0.15, 0.2) is 11.4 Å². The second-order valence-electron chi connectivity index (χ2n) is 5.17. The summed E-state index contributed by atoms with van der Waals surface area (Å²) in [6, 6.07) is 0. The SMILES string of the molecule is COc1c(C)cnc(CN2CCOC(C(N)=NO)C2)c1C. The highest BCUT2D eigenvalue weighted by atomic mass is 16.5. The monoisotopic (exact) mass is 294 g/mol. The molecular weight excluding hydrogens is 272 g/mol. The van der Waals surface area contributed by atoms with Gasteiger partial charge in [0.15, 0.2) is 5.84 Å². The van der Waals surface area contributed by atoms with Crippen molar-refractivity contribution in [2.75, 3.05) is 26.8 Å². The van der Waals surface area contributed by atoms with Gasteiger partial charge in [-0.2, -0.15) is 0 Å². The zero-order valence-corrected chi connectivity index (χ0v) is 12.7. The van der Waals surface area contributed by atoms with Gasteiger partial charge in [0, 0.05) is 37.0 Å². The number of ether oxygens (including phenoxy) is 2. The molecule has 0 aliphatic carbocycles. The molecule has 1 atom stereocenters. The Morgan fingerprint density at radius 3 is 3.05 bits per heavy atom. The van der Waals surface area contributed by atoms with E-state index in [1.165, 1.54) is 0 Å². The van der Waals surface area contributed by atoms with Crippen molar-refractivity contribution < 1.29 is 14.7 Å². The standard InChI is InChI=1S/C14H22N4O3/c1-9-6-16-11(10(2)13(9)20-3)7-18-4-5-21-12(8-18)14(15)17-19/h6,12,19H,4-5,7-8H2,1-3H3,(H2,15,17). The van der Waals surface area contributed by atoms with Crippen LogP contribution >= 0.6 is 0 Å². The molecule has 7 nitrogen and oxygen atoms in total. The predicted octanol–water partition coefficient (Wildman–Crippen LogP) is 0.654. The van der Waals surface area contributed by atoms with Crippen LogP contribution in [0.3, 0.4) is 0 Å². The van der Waals surface area contributed by atoms with Crippen LogP contribution in [0.2, 0.25) is 0 Å². The molecule has 2 heterocycles. The number of morpholine rings is 1. The van der Waals surface area contributed by atoms with Crippen molar-refractivity contribution in [3.8, 4) is 5.75 Å². The first-order valence-corrected chi connectivity index (χ1v) is 6.87. The average molecular weight is 294 g/mol. The molecule has 0 saturated carbocycles. The molecule has 7 heteroatoms. The molecule has 1 aliphatic rings. The summed E-state index contributed by atoms with van der Waals surface area (Å²) in [6.45, 7) is 6.57. The molecule has 0 spiro atoms. The number of rotatable bonds is 4. The van der Waals surface area contributed by atoms with Crippen LogP contribution in [-0.2, 0) is 11.3 Å². The van der Waals surface area contributed by atoms with Crippen molar-refractivity contribution in [3.63, 3.8) is 0 Å². The van der Waals surface area contributed by atoms with E-state index in [4.69, 9.17) is 20.4 Å². The Hall–Kier alpha value is -1.86. The summed E-state index contributed by atoms with van der Waals surface area (Å²) in [7, 11) is 1.67. The van der Waals surface area contributed by atoms with Crippen LogP contribution in [0, 0.1) is 13.8 Å². The number of nitrogens with zero attached hydrogens (tertiary/aromatic N) is 3. The third kappa shape index (κ3) is 3.43. The molecule has 0 amide bonds. The number of hydrogen-bond acceptors (Lipinski definition) is 6. The highest BCUT2D eigenvalue weighted by Gasteiger charge is 2.25. The Morgan fingerprint density at radius 2 is 2.38 bits per heavy atom. The summed E-state index contributed by atoms with van der Waals surface area (Å²) >= 11 is 0. The number of hydrogen-bond donors (Lipinski definition) is 2. The van der Waals surface area contributed by atoms with Gasteiger partial charge in [-0.3, -0.25) is 9.88 Å². The summed E-state index contributed by atoms with van der Waals surface area (Å²) < 4.78 is 10.9. The highest BCUT2D eigenvalue weighted by molar-refractivity contribution is 5.84. The lowest BCUT2D eigenvalue weighted by Crippen LogP contribution is -2.48. The number of pyridine rings is 1. The van der Waals surface area contributed by atoms with Crippen molar-refractivity contribution in [2.24, 2.45) is 10.9 Å². The molecule has 1 aromatic rings. The Kier molecular flexibility index (Phi) is 4.98. The molecule has 1 aromatic heterocycles. The number of methoxy groups -OCH3 is 1. The van der Waals surface area contributed by atoms with Gasteiger partial charge in [0.05, 0.1) is 19.4 Å². The van der Waals surface area contributed by atoms with Gasteiger partial charge in [-0.15, -0.1) is 0 Å². The normalized spacial score (nSPS) is 20.5. The maximum atomic E-state index is 8.74. The molecule has 1 saturated heterocycles. The second-order valence-corrected chi connectivity index (χ2v) is 5.17. The Morgan fingerprint density at radius 1 is 1.62 bits per heavy atom. The van der Waals surface area contributed by atoms with E-state index < -0.39 is 0 Å². The second kappa shape index (κ2) is 6.73. The Balaban J connectivity index is 2.11. The number of amidine groups is 1. The zero-order valence-electron chi connectivity index (χ0n) is 12.7. The molecule has 3 N–H and O–H groups in total. The Labute approximate surface area is 124 Å². The van der Waals surface area contributed by atoms with E-state index in [9.17, 15) is 0 Å². The average Bonchev–Trinajstić information content (AvgIpc) is 2.50. The summed E-state index contributed by atoms with van der Waals surface area (Å²) in [5.41, 5.74) is 8.65. The summed E-state index contributed by atoms with van der Waals surface area (Å²) in [6.07, 6.45) is 1.44. The summed E-state index contributed by atoms with van der Waals surface area (Å²) in [5.74, 6) is 0.979. The van der Waals surface area contributed by atoms with Crippen LogP contribution in [-0.4, -0.2) is 53.8 Å². The summed E-state index contributed by atoms with van der Waals surface area (Å²) in [4.78, 5) is 6.67. The fourth-order valence-electron chi connectivity index (χ4n) is 2.53. The van der Waals surface area contributed by atoms with Gasteiger partial charge in [0.25, 0.3) is 0 Å². The van der Waals surface area contributed by atoms with Crippen LogP contribution in [0.25, 0.3) is 0 Å². The van der Waals surface area contributed by atoms with Gasteiger partial charge in [-0.05, 0) is 13.8 Å². The smallest absolute Gasteiger partial charge is 0.169 e. The van der Waals surface area contributed by atoms with Crippen LogP contribution in [0.1, 0.15) is 16.8 Å². The van der Waals surface area contributed by atoms with Gasteiger partial charge in [0.1, 0.15) is 11.9 Å². The van der Waals surface area contributed by atoms with E-state index in [0.717, 1.165) is 29.1 Å². The van der Waals surface area contributed by atoms with Crippen LogP contribution in [0.5, 0.6) is 5.75 Å². The maximum Gasteiger partial charge on any atom is 0.169 e. The fraction of sp³-hybridized carbons (Fsp3) is 0.571. The van der Waals surface area contributed by atoms with Crippen molar-refractivity contribution in [1.29, 1.82) is 0 Å². The Bertz CT molecular complexity index is 533. The largest absolute Gasteiger partial charge is 0.496 e. The lowest BCUT2D eigenvalue weighted by atomic mass is 10.1. The molecule has 0 bridgehead atoms. The minimum atomic E-state index is -0.378. The predicted molar refractivity (Wildman–Crippen MR) is 78.7 cm³/mol. The number of aryl methyl sites for hydroxylation is 1. The molecular formula is C14H22N4O3. The maximum absolute atomic E-state index is 8.74. The lowest BCUT2D eigenvalue weighted by molar-refractivity contribution is 0.000880. The summed E-state index contributed by atoms with van der Waals surface area (Å²) in [5, 5.41) is 11.8. The molecule has 21 heavy (non-hydrogen) atoms. The first-order chi connectivity index (χ1) is 10.1. The first-order valence-electron chi connectivity index (χ1n) is 6.87. The topological polar surface area (TPSA) is 93.2 Å². The molecule has 0 radical (unpaired) electrons. The van der Waals surface area contributed by atoms with Gasteiger partial charge in [-0.25, -0.2) is 0 Å². The molecule has 0 aromatic carbocycles. The number of aromatic nitrogens is 1. The highest BCUT2D eigenvalue weighted by Crippen LogP contribution is 2.25. The zero-order chi connectivity index (χ0) is 15.4. The minimum Gasteiger partial charge on any atom is -0.496 e. The number of nitrogens with two attached hydrogens (primary N) is 1. The van der Waals surface area contributed by atoms with E-state index in [2.05, 4.69) is 15.0 Å². The quantitative estimate of drug-likeness (QED) is 0.367. The fourth-order valence-corrected chi connectivity index (χ4v) is 2.53. The van der Waals surface area contributed by atoms with Gasteiger partial charge in [0.2, 0.25) is 0 Å². The molecule has 116 valence electrons. The molecule has 1 aliphatic heterocycles. The van der Waals surface area contributed by atoms with Crippen molar-refractivity contribution >= 4 is 5.84 Å². The first kappa shape index (κ1) is 15.5. The van der Waals surface area contributed by atoms with Crippen LogP contribution < -0.4 is 10.5 Å². The van der Waals surface area contributed by atoms with Gasteiger partial charge in [-0.1, -0.05) is 5.16 Å². The van der Waals surface area contributed by atoms with Crippen LogP contribution in [0.4, 0.5) is 0 Å². The number of oxime groups is 1. The third-order valence-electron chi connectivity index (χ3n) is 3.72. The van der Waals surface area contributed by atoms with Crippen molar-refractivity contribution in [1.82, 2.24) is 9.88 Å². The minimum absolute atomic E-state index is 0.103. The van der Waals surface area contributed by atoms with E-state index in [1.807, 2.05) is 20.0 Å². The third-order valence-corrected chi connectivity index (χ3v) is 3.72. The van der Waals surface area contributed by atoms with Crippen molar-refractivity contribution in [3.05, 3.63) is 23.0 Å². The van der Waals surface area contributed by atoms with E-state index in [0.29, 0.717) is 19.7 Å². The molecule has 2 rings (SSSR count). The molecule has 1 fully saturated rings. The van der Waals surface area contributed by atoms with E-state index in [1.54, 1.807) is 7.11 Å². The van der Waals surface area contributed by atoms with E-state index >= 15 is 0 Å². The van der Waals surface area contributed by atoms with Gasteiger partial charge < -0.3 is 20.4 Å². The lowest BCUT2D eigenvalue weighted by Gasteiger charge is -2.32. The van der Waals surface area contributed by atoms with Gasteiger partial charge >= 0.3 is 0 Å². The molecule has 1 unspecified atom stereocenters.